The van der Waals surface area contributed by atoms with Gasteiger partial charge in [0.25, 0.3) is 5.91 Å². The summed E-state index contributed by atoms with van der Waals surface area (Å²) in [5.74, 6) is -2.76. The monoisotopic (exact) mass is 528 g/mol. The summed E-state index contributed by atoms with van der Waals surface area (Å²) in [5, 5.41) is 9.55. The number of carbonyl (C=O) groups excluding carboxylic acids is 3. The fourth-order valence-electron chi connectivity index (χ4n) is 6.47. The molecule has 1 unspecified atom stereocenters. The van der Waals surface area contributed by atoms with Crippen molar-refractivity contribution in [3.8, 4) is 0 Å². The number of hydrogen-bond acceptors (Lipinski definition) is 6. The zero-order chi connectivity index (χ0) is 26.2. The van der Waals surface area contributed by atoms with Crippen molar-refractivity contribution >= 4 is 35.1 Å². The standard InChI is InChI=1S/C28H33ClN2O6/c1-2-27-13-10-18-36-26(35)22(27)21-24(33)31(15-7-3-4-8-17-32)23-25(34)30(16-9-14-28(21,23)37-27)20-12-6-5-11-19(20)29/h5-6,9-14,21-23,32H,2-4,7-8,15-18H2,1H3/t21-,22+,23?,27-,28-/m0/s1. The number of anilines is 1. The van der Waals surface area contributed by atoms with Crippen LogP contribution in [0.1, 0.15) is 39.0 Å². The lowest BCUT2D eigenvalue weighted by molar-refractivity contribution is -0.157. The van der Waals surface area contributed by atoms with Gasteiger partial charge in [-0.15, -0.1) is 0 Å². The molecule has 5 rings (SSSR count). The molecule has 0 radical (unpaired) electrons. The van der Waals surface area contributed by atoms with Crippen LogP contribution in [0.5, 0.6) is 0 Å². The summed E-state index contributed by atoms with van der Waals surface area (Å²) in [6.45, 7) is 2.78. The number of benzene rings is 1. The lowest BCUT2D eigenvalue weighted by atomic mass is 9.73. The van der Waals surface area contributed by atoms with Gasteiger partial charge in [0.05, 0.1) is 16.6 Å². The molecule has 37 heavy (non-hydrogen) atoms. The van der Waals surface area contributed by atoms with Crippen LogP contribution in [0.3, 0.4) is 0 Å². The third-order valence-corrected chi connectivity index (χ3v) is 8.47. The van der Waals surface area contributed by atoms with E-state index in [9.17, 15) is 14.4 Å². The van der Waals surface area contributed by atoms with Gasteiger partial charge in [-0.2, -0.15) is 0 Å². The lowest BCUT2D eigenvalue weighted by Gasteiger charge is -2.38. The third kappa shape index (κ3) is 4.10. The molecule has 0 aromatic heterocycles. The summed E-state index contributed by atoms with van der Waals surface area (Å²) in [5.41, 5.74) is -1.79. The Hall–Kier alpha value is -2.68. The van der Waals surface area contributed by atoms with Crippen LogP contribution in [-0.2, 0) is 23.9 Å². The van der Waals surface area contributed by atoms with Crippen molar-refractivity contribution in [1.29, 1.82) is 0 Å². The van der Waals surface area contributed by atoms with Gasteiger partial charge in [-0.25, -0.2) is 0 Å². The van der Waals surface area contributed by atoms with E-state index >= 15 is 0 Å². The number of aliphatic hydroxyl groups is 1. The Morgan fingerprint density at radius 1 is 1.03 bits per heavy atom. The summed E-state index contributed by atoms with van der Waals surface area (Å²) in [6, 6.07) is 6.18. The number of carbonyl (C=O) groups is 3. The molecular formula is C28H33ClN2O6. The maximum Gasteiger partial charge on any atom is 0.313 e. The summed E-state index contributed by atoms with van der Waals surface area (Å²) >= 11 is 6.49. The van der Waals surface area contributed by atoms with Gasteiger partial charge >= 0.3 is 5.97 Å². The molecule has 5 atom stereocenters. The van der Waals surface area contributed by atoms with E-state index in [0.717, 1.165) is 12.8 Å². The zero-order valence-electron chi connectivity index (χ0n) is 21.0. The van der Waals surface area contributed by atoms with Gasteiger partial charge in [-0.1, -0.05) is 61.7 Å². The topological polar surface area (TPSA) is 96.4 Å². The highest BCUT2D eigenvalue weighted by molar-refractivity contribution is 6.34. The SMILES string of the molecule is CC[C@]12C=CCOC(=O)[C@H]1[C@H]1C(=O)N(CCCCCCO)C3C(=O)N(c4ccccc4Cl)CC=C[C@@]31O2. The molecule has 4 aliphatic rings. The first-order valence-corrected chi connectivity index (χ1v) is 13.5. The molecule has 0 bridgehead atoms. The Bertz CT molecular complexity index is 1140. The summed E-state index contributed by atoms with van der Waals surface area (Å²) in [6.07, 6.45) is 10.7. The second kappa shape index (κ2) is 10.2. The Kier molecular flexibility index (Phi) is 7.18. The highest BCUT2D eigenvalue weighted by Gasteiger charge is 2.75. The molecule has 198 valence electrons. The predicted molar refractivity (Wildman–Crippen MR) is 138 cm³/mol. The Morgan fingerprint density at radius 2 is 1.81 bits per heavy atom. The highest BCUT2D eigenvalue weighted by Crippen LogP contribution is 2.58. The number of para-hydroxylation sites is 1. The normalized spacial score (nSPS) is 32.6. The number of rotatable bonds is 8. The second-order valence-corrected chi connectivity index (χ2v) is 10.5. The van der Waals surface area contributed by atoms with Crippen molar-refractivity contribution in [2.75, 3.05) is 31.2 Å². The molecule has 1 N–H and O–H groups in total. The van der Waals surface area contributed by atoms with E-state index in [1.165, 1.54) is 0 Å². The van der Waals surface area contributed by atoms with Crippen LogP contribution >= 0.6 is 11.6 Å². The number of esters is 1. The molecule has 2 saturated heterocycles. The number of hydrogen-bond donors (Lipinski definition) is 1. The molecule has 8 nitrogen and oxygen atoms in total. The van der Waals surface area contributed by atoms with Gasteiger partial charge in [0.1, 0.15) is 29.8 Å². The van der Waals surface area contributed by atoms with E-state index in [4.69, 9.17) is 26.2 Å². The number of amides is 2. The largest absolute Gasteiger partial charge is 0.461 e. The first-order chi connectivity index (χ1) is 17.9. The van der Waals surface area contributed by atoms with Crippen LogP contribution < -0.4 is 4.90 Å². The van der Waals surface area contributed by atoms with Gasteiger partial charge in [0.15, 0.2) is 0 Å². The van der Waals surface area contributed by atoms with Gasteiger partial charge < -0.3 is 24.4 Å². The molecule has 2 fully saturated rings. The predicted octanol–water partition coefficient (Wildman–Crippen LogP) is 3.27. The minimum absolute atomic E-state index is 0.122. The van der Waals surface area contributed by atoms with Crippen molar-refractivity contribution in [2.24, 2.45) is 11.8 Å². The van der Waals surface area contributed by atoms with Crippen molar-refractivity contribution in [2.45, 2.75) is 56.3 Å². The smallest absolute Gasteiger partial charge is 0.313 e. The number of ether oxygens (including phenoxy) is 2. The summed E-state index contributed by atoms with van der Waals surface area (Å²) in [7, 11) is 0. The molecule has 1 spiro atoms. The van der Waals surface area contributed by atoms with Crippen LogP contribution in [0.2, 0.25) is 5.02 Å². The van der Waals surface area contributed by atoms with Gasteiger partial charge in [0, 0.05) is 19.7 Å². The summed E-state index contributed by atoms with van der Waals surface area (Å²) < 4.78 is 12.3. The molecule has 9 heteroatoms. The molecule has 1 aromatic carbocycles. The number of aliphatic hydroxyl groups excluding tert-OH is 1. The molecular weight excluding hydrogens is 496 g/mol. The van der Waals surface area contributed by atoms with Crippen LogP contribution in [0, 0.1) is 11.8 Å². The van der Waals surface area contributed by atoms with Crippen molar-refractivity contribution in [1.82, 2.24) is 4.90 Å². The lowest BCUT2D eigenvalue weighted by Crippen LogP contribution is -2.56. The second-order valence-electron chi connectivity index (χ2n) is 10.1. The molecule has 4 aliphatic heterocycles. The van der Waals surface area contributed by atoms with E-state index in [1.54, 1.807) is 34.1 Å². The van der Waals surface area contributed by atoms with Gasteiger partial charge in [0.2, 0.25) is 5.91 Å². The molecule has 0 aliphatic carbocycles. The van der Waals surface area contributed by atoms with Gasteiger partial charge in [-0.05, 0) is 37.5 Å². The Labute approximate surface area is 221 Å². The maximum absolute atomic E-state index is 14.3. The van der Waals surface area contributed by atoms with Crippen molar-refractivity contribution in [3.63, 3.8) is 0 Å². The summed E-state index contributed by atoms with van der Waals surface area (Å²) in [4.78, 5) is 45.0. The van der Waals surface area contributed by atoms with E-state index in [2.05, 4.69) is 0 Å². The average Bonchev–Trinajstić information content (AvgIpc) is 3.16. The first kappa shape index (κ1) is 25.9. The molecule has 2 amide bonds. The highest BCUT2D eigenvalue weighted by atomic mass is 35.5. The number of fused-ring (bicyclic) bond motifs is 2. The maximum atomic E-state index is 14.3. The fraction of sp³-hybridized carbons (Fsp3) is 0.536. The number of unbranched alkanes of at least 4 members (excludes halogenated alkanes) is 3. The minimum atomic E-state index is -1.31. The quantitative estimate of drug-likeness (QED) is 0.316. The van der Waals surface area contributed by atoms with Crippen LogP contribution in [0.15, 0.2) is 48.6 Å². The zero-order valence-corrected chi connectivity index (χ0v) is 21.7. The van der Waals surface area contributed by atoms with Crippen LogP contribution in [0.25, 0.3) is 0 Å². The van der Waals surface area contributed by atoms with Gasteiger partial charge in [-0.3, -0.25) is 14.4 Å². The number of nitrogens with zero attached hydrogens (tertiary/aromatic N) is 2. The number of likely N-dealkylation sites (tertiary alicyclic amines) is 1. The van der Waals surface area contributed by atoms with Crippen molar-refractivity contribution in [3.05, 3.63) is 53.6 Å². The fourth-order valence-corrected chi connectivity index (χ4v) is 6.71. The van der Waals surface area contributed by atoms with Crippen LogP contribution in [0.4, 0.5) is 5.69 Å². The van der Waals surface area contributed by atoms with Crippen LogP contribution in [-0.4, -0.2) is 71.3 Å². The average molecular weight is 529 g/mol. The van der Waals surface area contributed by atoms with Crippen molar-refractivity contribution < 1.29 is 29.0 Å². The third-order valence-electron chi connectivity index (χ3n) is 8.15. The Morgan fingerprint density at radius 3 is 2.57 bits per heavy atom. The molecule has 4 heterocycles. The Balaban J connectivity index is 1.59. The number of halogens is 1. The van der Waals surface area contributed by atoms with E-state index < -0.39 is 35.0 Å². The van der Waals surface area contributed by atoms with E-state index in [1.807, 2.05) is 31.2 Å². The molecule has 1 aromatic rings. The molecule has 0 saturated carbocycles. The van der Waals surface area contributed by atoms with E-state index in [-0.39, 0.29) is 31.6 Å². The minimum Gasteiger partial charge on any atom is -0.461 e. The van der Waals surface area contributed by atoms with E-state index in [0.29, 0.717) is 36.5 Å². The number of cyclic esters (lactones) is 1. The first-order valence-electron chi connectivity index (χ1n) is 13.1.